The van der Waals surface area contributed by atoms with Gasteiger partial charge in [-0.1, -0.05) is 29.5 Å². The Kier molecular flexibility index (Phi) is 2.71. The van der Waals surface area contributed by atoms with E-state index in [9.17, 15) is 13.2 Å². The van der Waals surface area contributed by atoms with Crippen LogP contribution in [0.25, 0.3) is 0 Å². The van der Waals surface area contributed by atoms with Gasteiger partial charge in [-0.3, -0.25) is 0 Å². The van der Waals surface area contributed by atoms with Gasteiger partial charge in [0, 0.05) is 3.92 Å². The van der Waals surface area contributed by atoms with Gasteiger partial charge >= 0.3 is 6.18 Å². The maximum absolute atomic E-state index is 12.2. The van der Waals surface area contributed by atoms with Crippen LogP contribution in [0, 0.1) is 11.8 Å². The minimum Gasteiger partial charge on any atom is -0.171 e. The molecule has 0 heterocycles. The summed E-state index contributed by atoms with van der Waals surface area (Å²) in [6.07, 6.45) is -2.95. The maximum Gasteiger partial charge on any atom is 0.392 e. The average Bonchev–Trinajstić information content (AvgIpc) is 2.08. The molecule has 3 atom stereocenters. The van der Waals surface area contributed by atoms with Gasteiger partial charge in [0.1, 0.15) is 0 Å². The standard InChI is InChI=1S/C7H10F3I/c1-4-2-5(6(11)3-4)7(8,9)10/h4-6H,2-3H2,1H3. The SMILES string of the molecule is CC1CC(I)C(C(F)(F)F)C1. The van der Waals surface area contributed by atoms with Crippen molar-refractivity contribution in [3.8, 4) is 0 Å². The van der Waals surface area contributed by atoms with Crippen molar-refractivity contribution in [2.75, 3.05) is 0 Å². The van der Waals surface area contributed by atoms with Crippen molar-refractivity contribution in [2.24, 2.45) is 11.8 Å². The Morgan fingerprint density at radius 1 is 1.27 bits per heavy atom. The Labute approximate surface area is 77.7 Å². The highest BCUT2D eigenvalue weighted by molar-refractivity contribution is 14.1. The lowest BCUT2D eigenvalue weighted by Crippen LogP contribution is -2.26. The first kappa shape index (κ1) is 9.61. The molecule has 0 aromatic heterocycles. The first-order valence-corrected chi connectivity index (χ1v) is 4.86. The van der Waals surface area contributed by atoms with Crippen LogP contribution in [0.3, 0.4) is 0 Å². The van der Waals surface area contributed by atoms with E-state index in [0.29, 0.717) is 12.8 Å². The third-order valence-electron chi connectivity index (χ3n) is 2.14. The number of hydrogen-bond acceptors (Lipinski definition) is 0. The summed E-state index contributed by atoms with van der Waals surface area (Å²) in [4.78, 5) is 0. The normalized spacial score (nSPS) is 39.5. The number of hydrogen-bond donors (Lipinski definition) is 0. The van der Waals surface area contributed by atoms with Gasteiger partial charge in [-0.2, -0.15) is 13.2 Å². The molecule has 1 saturated carbocycles. The summed E-state index contributed by atoms with van der Waals surface area (Å²) in [5.41, 5.74) is 0. The highest BCUT2D eigenvalue weighted by Crippen LogP contribution is 2.45. The molecule has 1 fully saturated rings. The Bertz CT molecular complexity index is 143. The topological polar surface area (TPSA) is 0 Å². The summed E-state index contributed by atoms with van der Waals surface area (Å²) in [6.45, 7) is 1.89. The zero-order valence-electron chi connectivity index (χ0n) is 6.16. The van der Waals surface area contributed by atoms with E-state index in [1.54, 1.807) is 0 Å². The molecule has 1 aliphatic carbocycles. The van der Waals surface area contributed by atoms with Crippen molar-refractivity contribution in [3.05, 3.63) is 0 Å². The smallest absolute Gasteiger partial charge is 0.171 e. The largest absolute Gasteiger partial charge is 0.392 e. The summed E-state index contributed by atoms with van der Waals surface area (Å²) in [6, 6.07) is 0. The van der Waals surface area contributed by atoms with Crippen LogP contribution in [0.5, 0.6) is 0 Å². The zero-order valence-corrected chi connectivity index (χ0v) is 8.32. The number of rotatable bonds is 0. The van der Waals surface area contributed by atoms with E-state index in [-0.39, 0.29) is 9.84 Å². The van der Waals surface area contributed by atoms with Crippen LogP contribution in [-0.4, -0.2) is 10.1 Å². The van der Waals surface area contributed by atoms with Gasteiger partial charge in [0.25, 0.3) is 0 Å². The van der Waals surface area contributed by atoms with E-state index in [2.05, 4.69) is 0 Å². The lowest BCUT2D eigenvalue weighted by atomic mass is 10.1. The molecule has 1 aliphatic rings. The van der Waals surface area contributed by atoms with Crippen LogP contribution < -0.4 is 0 Å². The van der Waals surface area contributed by atoms with Gasteiger partial charge in [0.2, 0.25) is 0 Å². The van der Waals surface area contributed by atoms with Gasteiger partial charge in [-0.05, 0) is 18.8 Å². The molecule has 0 nitrogen and oxygen atoms in total. The average molecular weight is 278 g/mol. The van der Waals surface area contributed by atoms with Gasteiger partial charge < -0.3 is 0 Å². The fourth-order valence-electron chi connectivity index (χ4n) is 1.56. The first-order chi connectivity index (χ1) is 4.91. The van der Waals surface area contributed by atoms with E-state index in [0.717, 1.165) is 0 Å². The van der Waals surface area contributed by atoms with Crippen LogP contribution in [-0.2, 0) is 0 Å². The van der Waals surface area contributed by atoms with Crippen molar-refractivity contribution in [3.63, 3.8) is 0 Å². The second-order valence-corrected chi connectivity index (χ2v) is 4.84. The maximum atomic E-state index is 12.2. The molecule has 0 amide bonds. The molecule has 4 heteroatoms. The molecule has 0 bridgehead atoms. The van der Waals surface area contributed by atoms with Crippen molar-refractivity contribution in [2.45, 2.75) is 29.9 Å². The second kappa shape index (κ2) is 3.11. The first-order valence-electron chi connectivity index (χ1n) is 3.62. The van der Waals surface area contributed by atoms with Gasteiger partial charge in [0.15, 0.2) is 0 Å². The Morgan fingerprint density at radius 2 is 1.82 bits per heavy atom. The summed E-state index contributed by atoms with van der Waals surface area (Å²) < 4.78 is 36.3. The number of halogens is 4. The van der Waals surface area contributed by atoms with E-state index < -0.39 is 12.1 Å². The van der Waals surface area contributed by atoms with E-state index in [1.165, 1.54) is 0 Å². The molecule has 3 unspecified atom stereocenters. The van der Waals surface area contributed by atoms with Gasteiger partial charge in [0.05, 0.1) is 5.92 Å². The lowest BCUT2D eigenvalue weighted by Gasteiger charge is -2.17. The van der Waals surface area contributed by atoms with Gasteiger partial charge in [-0.15, -0.1) is 0 Å². The van der Waals surface area contributed by atoms with E-state index >= 15 is 0 Å². The fourth-order valence-corrected chi connectivity index (χ4v) is 3.13. The molecule has 11 heavy (non-hydrogen) atoms. The Balaban J connectivity index is 2.60. The van der Waals surface area contributed by atoms with E-state index in [4.69, 9.17) is 0 Å². The quantitative estimate of drug-likeness (QED) is 0.470. The van der Waals surface area contributed by atoms with Crippen LogP contribution in [0.4, 0.5) is 13.2 Å². The van der Waals surface area contributed by atoms with Crippen molar-refractivity contribution < 1.29 is 13.2 Å². The van der Waals surface area contributed by atoms with Crippen LogP contribution in [0.1, 0.15) is 19.8 Å². The summed E-state index contributed by atoms with van der Waals surface area (Å²) in [5, 5.41) is 0. The molecule has 0 aromatic carbocycles. The van der Waals surface area contributed by atoms with Gasteiger partial charge in [-0.25, -0.2) is 0 Å². The zero-order chi connectivity index (χ0) is 8.65. The summed E-state index contributed by atoms with van der Waals surface area (Å²) in [5.74, 6) is -0.818. The molecule has 0 aliphatic heterocycles. The third-order valence-corrected chi connectivity index (χ3v) is 3.52. The Hall–Kier alpha value is 0.520. The molecule has 0 radical (unpaired) electrons. The lowest BCUT2D eigenvalue weighted by molar-refractivity contribution is -0.170. The number of alkyl halides is 4. The van der Waals surface area contributed by atoms with Crippen molar-refractivity contribution in [1.82, 2.24) is 0 Å². The van der Waals surface area contributed by atoms with Crippen molar-refractivity contribution >= 4 is 22.6 Å². The van der Waals surface area contributed by atoms with Crippen LogP contribution >= 0.6 is 22.6 Å². The highest BCUT2D eigenvalue weighted by Gasteiger charge is 2.47. The predicted octanol–water partition coefficient (Wildman–Crippen LogP) is 3.40. The van der Waals surface area contributed by atoms with Crippen molar-refractivity contribution in [1.29, 1.82) is 0 Å². The second-order valence-electron chi connectivity index (χ2n) is 3.24. The minimum atomic E-state index is -3.98. The predicted molar refractivity (Wildman–Crippen MR) is 45.8 cm³/mol. The van der Waals surface area contributed by atoms with E-state index in [1.807, 2.05) is 29.5 Å². The molecule has 0 saturated heterocycles. The molecule has 0 spiro atoms. The van der Waals surface area contributed by atoms with Crippen LogP contribution in [0.15, 0.2) is 0 Å². The molecule has 1 rings (SSSR count). The molecular weight excluding hydrogens is 268 g/mol. The summed E-state index contributed by atoms with van der Waals surface area (Å²) >= 11 is 1.91. The fraction of sp³-hybridized carbons (Fsp3) is 1.00. The molecule has 0 N–H and O–H groups in total. The monoisotopic (exact) mass is 278 g/mol. The highest BCUT2D eigenvalue weighted by atomic mass is 127. The molecule has 0 aromatic rings. The minimum absolute atomic E-state index is 0.206. The summed E-state index contributed by atoms with van der Waals surface area (Å²) in [7, 11) is 0. The molecular formula is C7H10F3I. The third kappa shape index (κ3) is 2.23. The Morgan fingerprint density at radius 3 is 2.00 bits per heavy atom. The van der Waals surface area contributed by atoms with Crippen LogP contribution in [0.2, 0.25) is 0 Å². The molecule has 66 valence electrons.